The van der Waals surface area contributed by atoms with Crippen LogP contribution < -0.4 is 9.99 Å². The monoisotopic (exact) mass is 370 g/mol. The van der Waals surface area contributed by atoms with E-state index in [-0.39, 0.29) is 23.0 Å². The molecule has 0 amide bonds. The maximum Gasteiger partial charge on any atom is 0.301 e. The van der Waals surface area contributed by atoms with Gasteiger partial charge in [-0.05, 0) is 25.3 Å². The Balaban J connectivity index is 1.90. The lowest BCUT2D eigenvalue weighted by atomic mass is 9.84. The molecule has 1 fully saturated rings. The van der Waals surface area contributed by atoms with Gasteiger partial charge in [0.15, 0.2) is 11.9 Å². The largest absolute Gasteiger partial charge is 0.301 e. The van der Waals surface area contributed by atoms with Gasteiger partial charge in [-0.1, -0.05) is 12.5 Å². The summed E-state index contributed by atoms with van der Waals surface area (Å²) < 4.78 is 2.06. The molecule has 0 unspecified atom stereocenters. The second kappa shape index (κ2) is 7.90. The van der Waals surface area contributed by atoms with Gasteiger partial charge in [0, 0.05) is 18.2 Å². The predicted octanol–water partition coefficient (Wildman–Crippen LogP) is 3.45. The van der Waals surface area contributed by atoms with Crippen LogP contribution in [0.1, 0.15) is 37.3 Å². The Hall–Kier alpha value is -3.36. The molecule has 3 rings (SSSR count). The highest BCUT2D eigenvalue weighted by molar-refractivity contribution is 5.91. The van der Waals surface area contributed by atoms with E-state index in [0.717, 1.165) is 43.2 Å². The maximum absolute atomic E-state index is 11.3. The molecule has 1 saturated carbocycles. The number of nitrogens with one attached hydrogen (secondary N) is 1. The number of hydrogen-bond acceptors (Lipinski definition) is 6. The number of non-ortho nitro benzene ring substituents is 1. The lowest BCUT2D eigenvalue weighted by Crippen LogP contribution is -2.37. The number of nitro benzene ring substituents is 2. The minimum Gasteiger partial charge on any atom is -0.272 e. The molecule has 0 bridgehead atoms. The molecule has 1 N–H and O–H groups in total. The van der Waals surface area contributed by atoms with Crippen LogP contribution >= 0.6 is 0 Å². The first-order valence-corrected chi connectivity index (χ1v) is 8.67. The van der Waals surface area contributed by atoms with Crippen LogP contribution in [0.25, 0.3) is 0 Å². The number of hydrazone groups is 1. The topological polar surface area (TPSA) is 115 Å². The zero-order chi connectivity index (χ0) is 19.4. The summed E-state index contributed by atoms with van der Waals surface area (Å²) in [6.45, 7) is 0. The summed E-state index contributed by atoms with van der Waals surface area (Å²) in [6.07, 6.45) is 5.84. The summed E-state index contributed by atoms with van der Waals surface area (Å²) in [6, 6.07) is 9.49. The molecule has 1 aromatic heterocycles. The van der Waals surface area contributed by atoms with Gasteiger partial charge >= 0.3 is 5.69 Å². The molecule has 1 aliphatic rings. The Kier molecular flexibility index (Phi) is 5.39. The van der Waals surface area contributed by atoms with Gasteiger partial charge in [-0.15, -0.1) is 0 Å². The molecule has 0 radical (unpaired) electrons. The van der Waals surface area contributed by atoms with E-state index in [4.69, 9.17) is 0 Å². The smallest absolute Gasteiger partial charge is 0.272 e. The molecule has 0 saturated heterocycles. The fourth-order valence-corrected chi connectivity index (χ4v) is 3.36. The van der Waals surface area contributed by atoms with Crippen LogP contribution in [0, 0.1) is 20.2 Å². The zero-order valence-electron chi connectivity index (χ0n) is 14.9. The number of anilines is 1. The van der Waals surface area contributed by atoms with Crippen LogP contribution in [0.15, 0.2) is 47.7 Å². The fourth-order valence-electron chi connectivity index (χ4n) is 3.36. The van der Waals surface area contributed by atoms with Gasteiger partial charge in [-0.2, -0.15) is 5.10 Å². The minimum atomic E-state index is -0.657. The highest BCUT2D eigenvalue weighted by atomic mass is 16.6. The molecule has 1 heterocycles. The molecule has 1 aliphatic carbocycles. The van der Waals surface area contributed by atoms with Crippen LogP contribution in [-0.4, -0.2) is 15.6 Å². The van der Waals surface area contributed by atoms with E-state index < -0.39 is 9.85 Å². The molecular formula is C18H20N5O4+. The lowest BCUT2D eigenvalue weighted by molar-refractivity contribution is -0.679. The van der Waals surface area contributed by atoms with Crippen LogP contribution in [0.3, 0.4) is 0 Å². The maximum atomic E-state index is 11.3. The minimum absolute atomic E-state index is 0.134. The first kappa shape index (κ1) is 18.4. The summed E-state index contributed by atoms with van der Waals surface area (Å²) in [4.78, 5) is 20.8. The molecule has 27 heavy (non-hydrogen) atoms. The van der Waals surface area contributed by atoms with E-state index in [9.17, 15) is 20.2 Å². The first-order valence-electron chi connectivity index (χ1n) is 8.67. The Morgan fingerprint density at radius 1 is 1.15 bits per heavy atom. The van der Waals surface area contributed by atoms with E-state index in [1.165, 1.54) is 12.1 Å². The molecule has 0 spiro atoms. The van der Waals surface area contributed by atoms with Gasteiger partial charge in [0.1, 0.15) is 12.7 Å². The second-order valence-electron chi connectivity index (χ2n) is 6.47. The van der Waals surface area contributed by atoms with E-state index in [0.29, 0.717) is 0 Å². The predicted molar refractivity (Wildman–Crippen MR) is 99.6 cm³/mol. The molecule has 1 atom stereocenters. The standard InChI is InChI=1S/C18H20N5O4/c1-21-11-5-4-8-17(21)14-6-2-3-7-15(14)19-20-16-10-9-13(22(24)25)12-18(16)23(26)27/h4-5,8-12,14,20H,2-3,6-7H2,1H3/q+1/b19-15-/t14-/m1/s1. The van der Waals surface area contributed by atoms with E-state index >= 15 is 0 Å². The normalized spacial score (nSPS) is 18.3. The number of benzene rings is 1. The Bertz CT molecular complexity index is 912. The van der Waals surface area contributed by atoms with Crippen molar-refractivity contribution in [2.75, 3.05) is 5.43 Å². The lowest BCUT2D eigenvalue weighted by Gasteiger charge is -2.22. The Morgan fingerprint density at radius 3 is 2.67 bits per heavy atom. The van der Waals surface area contributed by atoms with Gasteiger partial charge < -0.3 is 0 Å². The van der Waals surface area contributed by atoms with Crippen molar-refractivity contribution in [3.8, 4) is 0 Å². The summed E-state index contributed by atoms with van der Waals surface area (Å²) in [5.41, 5.74) is 4.27. The first-order chi connectivity index (χ1) is 13.0. The zero-order valence-corrected chi connectivity index (χ0v) is 14.9. The van der Waals surface area contributed by atoms with Crippen LogP contribution in [-0.2, 0) is 7.05 Å². The average molecular weight is 370 g/mol. The molecule has 9 heteroatoms. The van der Waals surface area contributed by atoms with Crippen LogP contribution in [0.4, 0.5) is 17.1 Å². The quantitative estimate of drug-likeness (QED) is 0.492. The third-order valence-corrected chi connectivity index (χ3v) is 4.74. The Labute approximate surface area is 155 Å². The number of hydrogen-bond donors (Lipinski definition) is 1. The second-order valence-corrected chi connectivity index (χ2v) is 6.47. The van der Waals surface area contributed by atoms with Crippen molar-refractivity contribution in [2.45, 2.75) is 31.6 Å². The third-order valence-electron chi connectivity index (χ3n) is 4.74. The van der Waals surface area contributed by atoms with Gasteiger partial charge in [0.05, 0.1) is 27.5 Å². The molecule has 1 aromatic carbocycles. The number of nitrogens with zero attached hydrogens (tertiary/aromatic N) is 4. The van der Waals surface area contributed by atoms with E-state index in [2.05, 4.69) is 21.2 Å². The van der Waals surface area contributed by atoms with Crippen molar-refractivity contribution in [1.82, 2.24) is 0 Å². The molecule has 140 valence electrons. The molecule has 0 aliphatic heterocycles. The SMILES string of the molecule is C[n+]1ccccc1[C@@H]1CCCC/C1=N/Nc1ccc([N+](=O)[O-])cc1[N+](=O)[O-]. The van der Waals surface area contributed by atoms with Crippen molar-refractivity contribution >= 4 is 22.8 Å². The van der Waals surface area contributed by atoms with Crippen molar-refractivity contribution in [3.63, 3.8) is 0 Å². The number of nitro groups is 2. The highest BCUT2D eigenvalue weighted by Gasteiger charge is 2.28. The van der Waals surface area contributed by atoms with Gasteiger partial charge in [0.25, 0.3) is 5.69 Å². The number of aryl methyl sites for hydroxylation is 1. The summed E-state index contributed by atoms with van der Waals surface area (Å²) in [5.74, 6) is 0.134. The fraction of sp³-hybridized carbons (Fsp3) is 0.333. The molecule has 2 aromatic rings. The number of pyridine rings is 1. The third kappa shape index (κ3) is 4.08. The van der Waals surface area contributed by atoms with Crippen LogP contribution in [0.5, 0.6) is 0 Å². The molecule has 9 nitrogen and oxygen atoms in total. The van der Waals surface area contributed by atoms with E-state index in [1.807, 2.05) is 25.4 Å². The van der Waals surface area contributed by atoms with Gasteiger partial charge in [0.2, 0.25) is 0 Å². The summed E-state index contributed by atoms with van der Waals surface area (Å²) >= 11 is 0. The van der Waals surface area contributed by atoms with Gasteiger partial charge in [-0.3, -0.25) is 25.7 Å². The summed E-state index contributed by atoms with van der Waals surface area (Å²) in [5, 5.41) is 26.6. The van der Waals surface area contributed by atoms with Crippen molar-refractivity contribution in [3.05, 3.63) is 68.5 Å². The Morgan fingerprint density at radius 2 is 1.96 bits per heavy atom. The van der Waals surface area contributed by atoms with Crippen molar-refractivity contribution in [1.29, 1.82) is 0 Å². The van der Waals surface area contributed by atoms with Crippen molar-refractivity contribution in [2.24, 2.45) is 12.1 Å². The number of aromatic nitrogens is 1. The van der Waals surface area contributed by atoms with E-state index in [1.54, 1.807) is 0 Å². The highest BCUT2D eigenvalue weighted by Crippen LogP contribution is 2.31. The molecular weight excluding hydrogens is 350 g/mol. The van der Waals surface area contributed by atoms with Crippen molar-refractivity contribution < 1.29 is 14.4 Å². The summed E-state index contributed by atoms with van der Waals surface area (Å²) in [7, 11) is 1.98. The number of rotatable bonds is 5. The van der Waals surface area contributed by atoms with Gasteiger partial charge in [-0.25, -0.2) is 4.57 Å². The average Bonchev–Trinajstić information content (AvgIpc) is 2.67. The van der Waals surface area contributed by atoms with Crippen LogP contribution in [0.2, 0.25) is 0 Å².